The largest absolute Gasteiger partial charge is 0.493 e. The molecule has 1 amide bonds. The predicted octanol–water partition coefficient (Wildman–Crippen LogP) is 5.03. The number of halogens is 1. The number of benzene rings is 3. The molecule has 0 fully saturated rings. The molecule has 12 heteroatoms. The molecule has 3 aromatic rings. The summed E-state index contributed by atoms with van der Waals surface area (Å²) >= 11 is 5.32. The fourth-order valence-electron chi connectivity index (χ4n) is 4.73. The molecule has 0 unspecified atom stereocenters. The second-order valence-corrected chi connectivity index (χ2v) is 10.4. The first-order chi connectivity index (χ1) is 22.2. The number of ether oxygens (including phenoxy) is 4. The number of carbonyl (C=O) groups excluding carboxylic acids is 2. The van der Waals surface area contributed by atoms with Gasteiger partial charge in [0, 0.05) is 16.8 Å². The summed E-state index contributed by atoms with van der Waals surface area (Å²) < 4.78 is 36.0. The molecular formula is C34H35FN4O6S. The van der Waals surface area contributed by atoms with Gasteiger partial charge in [-0.25, -0.2) is 14.6 Å². The first-order valence-electron chi connectivity index (χ1n) is 14.4. The summed E-state index contributed by atoms with van der Waals surface area (Å²) in [5.41, 5.74) is 6.24. The standard InChI is InChI=1S/C34H35FN4O6S/c1-5-9-24-16-23(17-28(42-4)32(24)45-19-22-12-14-25(35)15-13-22)18-36-39-29(40)20-44-27-11-8-7-10-26(27)31-30(33(41)43-6-2)21(3)37-34(46)38-31/h5,7-8,10-18,31H,1,6,9,19-20H2,2-4H3,(H,39,40)(H2,37,38,46)/t31-/m1/s1. The van der Waals surface area contributed by atoms with Gasteiger partial charge in [-0.1, -0.05) is 36.4 Å². The van der Waals surface area contributed by atoms with Gasteiger partial charge >= 0.3 is 5.97 Å². The SMILES string of the molecule is C=CCc1cc(C=NNC(=O)COc2ccccc2[C@H]2NC(=S)NC(C)=C2C(=O)OCC)cc(OC)c1OCc1ccc(F)cc1. The monoisotopic (exact) mass is 646 g/mol. The summed E-state index contributed by atoms with van der Waals surface area (Å²) in [6, 6.07) is 16.0. The van der Waals surface area contributed by atoms with Crippen LogP contribution >= 0.6 is 12.2 Å². The van der Waals surface area contributed by atoms with Crippen molar-refractivity contribution < 1.29 is 32.9 Å². The number of nitrogens with one attached hydrogen (secondary N) is 3. The van der Waals surface area contributed by atoms with Gasteiger partial charge in [0.2, 0.25) is 0 Å². The number of hydrazone groups is 1. The number of hydrogen-bond donors (Lipinski definition) is 3. The molecule has 1 atom stereocenters. The molecule has 1 aliphatic rings. The average Bonchev–Trinajstić information content (AvgIpc) is 3.03. The van der Waals surface area contributed by atoms with Gasteiger partial charge in [-0.2, -0.15) is 5.10 Å². The van der Waals surface area contributed by atoms with E-state index >= 15 is 0 Å². The molecule has 0 radical (unpaired) electrons. The van der Waals surface area contributed by atoms with Crippen LogP contribution in [-0.2, 0) is 27.4 Å². The molecule has 1 heterocycles. The third-order valence-electron chi connectivity index (χ3n) is 6.79. The summed E-state index contributed by atoms with van der Waals surface area (Å²) in [4.78, 5) is 25.5. The van der Waals surface area contributed by atoms with E-state index in [4.69, 9.17) is 31.2 Å². The molecule has 3 N–H and O–H groups in total. The Bertz CT molecular complexity index is 1660. The van der Waals surface area contributed by atoms with Crippen LogP contribution in [-0.4, -0.2) is 43.5 Å². The first-order valence-corrected chi connectivity index (χ1v) is 14.8. The fourth-order valence-corrected chi connectivity index (χ4v) is 5.00. The number of methoxy groups -OCH3 is 1. The van der Waals surface area contributed by atoms with Crippen molar-refractivity contribution in [1.29, 1.82) is 0 Å². The Morgan fingerprint density at radius 1 is 1.11 bits per heavy atom. The summed E-state index contributed by atoms with van der Waals surface area (Å²) in [5.74, 6) is 0.0576. The highest BCUT2D eigenvalue weighted by atomic mass is 32.1. The third kappa shape index (κ3) is 8.69. The van der Waals surface area contributed by atoms with Crippen LogP contribution in [0, 0.1) is 5.82 Å². The Morgan fingerprint density at radius 3 is 2.59 bits per heavy atom. The van der Waals surface area contributed by atoms with Crippen LogP contribution in [0.4, 0.5) is 4.39 Å². The minimum absolute atomic E-state index is 0.212. The van der Waals surface area contributed by atoms with E-state index < -0.39 is 17.9 Å². The molecule has 0 bridgehead atoms. The van der Waals surface area contributed by atoms with E-state index in [-0.39, 0.29) is 25.6 Å². The highest BCUT2D eigenvalue weighted by Crippen LogP contribution is 2.35. The zero-order valence-corrected chi connectivity index (χ0v) is 26.5. The third-order valence-corrected chi connectivity index (χ3v) is 7.01. The van der Waals surface area contributed by atoms with Gasteiger partial charge in [-0.3, -0.25) is 4.79 Å². The van der Waals surface area contributed by atoms with Gasteiger partial charge in [-0.15, -0.1) is 6.58 Å². The maximum atomic E-state index is 13.3. The minimum atomic E-state index is -0.646. The lowest BCUT2D eigenvalue weighted by Gasteiger charge is -2.30. The number of amides is 1. The van der Waals surface area contributed by atoms with Gasteiger partial charge in [-0.05, 0) is 73.9 Å². The van der Waals surface area contributed by atoms with Crippen LogP contribution < -0.4 is 30.3 Å². The van der Waals surface area contributed by atoms with Crippen molar-refractivity contribution in [3.05, 3.63) is 113 Å². The summed E-state index contributed by atoms with van der Waals surface area (Å²) in [7, 11) is 1.52. The normalized spacial score (nSPS) is 14.3. The molecule has 4 rings (SSSR count). The van der Waals surface area contributed by atoms with Gasteiger partial charge in [0.1, 0.15) is 18.2 Å². The van der Waals surface area contributed by atoms with E-state index in [1.165, 1.54) is 25.5 Å². The molecule has 10 nitrogen and oxygen atoms in total. The molecule has 240 valence electrons. The van der Waals surface area contributed by atoms with Crippen molar-refractivity contribution >= 4 is 35.4 Å². The van der Waals surface area contributed by atoms with Gasteiger partial charge in [0.25, 0.3) is 5.91 Å². The maximum Gasteiger partial charge on any atom is 0.338 e. The Kier molecular flexibility index (Phi) is 11.8. The lowest BCUT2D eigenvalue weighted by Crippen LogP contribution is -2.45. The highest BCUT2D eigenvalue weighted by molar-refractivity contribution is 7.80. The smallest absolute Gasteiger partial charge is 0.338 e. The van der Waals surface area contributed by atoms with Crippen LogP contribution in [0.3, 0.4) is 0 Å². The van der Waals surface area contributed by atoms with E-state index in [1.54, 1.807) is 62.4 Å². The Morgan fingerprint density at radius 2 is 1.87 bits per heavy atom. The first kappa shape index (κ1) is 33.7. The molecular weight excluding hydrogens is 611 g/mol. The topological polar surface area (TPSA) is 120 Å². The number of allylic oxidation sites excluding steroid dienone is 2. The number of para-hydroxylation sites is 1. The van der Waals surface area contributed by atoms with Gasteiger partial charge in [0.15, 0.2) is 23.2 Å². The molecule has 0 spiro atoms. The van der Waals surface area contributed by atoms with Crippen LogP contribution in [0.25, 0.3) is 0 Å². The van der Waals surface area contributed by atoms with E-state index in [1.807, 2.05) is 6.07 Å². The number of carbonyl (C=O) groups is 2. The second-order valence-electron chi connectivity index (χ2n) is 10.0. The number of esters is 1. The van der Waals surface area contributed by atoms with Crippen LogP contribution in [0.1, 0.15) is 42.1 Å². The lowest BCUT2D eigenvalue weighted by atomic mass is 9.95. The van der Waals surface area contributed by atoms with Crippen molar-refractivity contribution in [2.75, 3.05) is 20.3 Å². The quantitative estimate of drug-likeness (QED) is 0.0729. The molecule has 0 aromatic heterocycles. The molecule has 0 aliphatic carbocycles. The number of nitrogens with zero attached hydrogens (tertiary/aromatic N) is 1. The van der Waals surface area contributed by atoms with Gasteiger partial charge < -0.3 is 29.6 Å². The highest BCUT2D eigenvalue weighted by Gasteiger charge is 2.32. The summed E-state index contributed by atoms with van der Waals surface area (Å²) in [6.45, 7) is 7.38. The Balaban J connectivity index is 1.43. The zero-order chi connectivity index (χ0) is 33.1. The predicted molar refractivity (Wildman–Crippen MR) is 176 cm³/mol. The molecule has 0 saturated heterocycles. The maximum absolute atomic E-state index is 13.3. The molecule has 46 heavy (non-hydrogen) atoms. The number of rotatable bonds is 14. The number of hydrogen-bond acceptors (Lipinski definition) is 8. The van der Waals surface area contributed by atoms with Crippen LogP contribution in [0.5, 0.6) is 17.2 Å². The van der Waals surface area contributed by atoms with E-state index in [2.05, 4.69) is 27.7 Å². The zero-order valence-electron chi connectivity index (χ0n) is 25.7. The van der Waals surface area contributed by atoms with E-state index in [9.17, 15) is 14.0 Å². The lowest BCUT2D eigenvalue weighted by molar-refractivity contribution is -0.139. The number of thiocarbonyl (C=S) groups is 1. The van der Waals surface area contributed by atoms with Crippen molar-refractivity contribution in [3.63, 3.8) is 0 Å². The van der Waals surface area contributed by atoms with Crippen molar-refractivity contribution in [3.8, 4) is 17.2 Å². The van der Waals surface area contributed by atoms with Crippen molar-refractivity contribution in [2.24, 2.45) is 5.10 Å². The summed E-state index contributed by atoms with van der Waals surface area (Å²) in [6.07, 6.45) is 3.69. The Hall–Kier alpha value is -5.23. The second kappa shape index (κ2) is 16.2. The van der Waals surface area contributed by atoms with Crippen LogP contribution in [0.15, 0.2) is 89.7 Å². The molecule has 3 aromatic carbocycles. The fraction of sp³-hybridized carbons (Fsp3) is 0.235. The van der Waals surface area contributed by atoms with Crippen molar-refractivity contribution in [2.45, 2.75) is 32.9 Å². The molecule has 1 aliphatic heterocycles. The van der Waals surface area contributed by atoms with Gasteiger partial charge in [0.05, 0.1) is 31.5 Å². The minimum Gasteiger partial charge on any atom is -0.493 e. The van der Waals surface area contributed by atoms with E-state index in [0.717, 1.165) is 11.1 Å². The van der Waals surface area contributed by atoms with Crippen molar-refractivity contribution in [1.82, 2.24) is 16.1 Å². The van der Waals surface area contributed by atoms with E-state index in [0.29, 0.717) is 51.2 Å². The van der Waals surface area contributed by atoms with Crippen LogP contribution in [0.2, 0.25) is 0 Å². The Labute approximate surface area is 272 Å². The molecule has 0 saturated carbocycles. The average molecular weight is 647 g/mol. The summed E-state index contributed by atoms with van der Waals surface area (Å²) in [5, 5.41) is 10.5.